The second-order valence-electron chi connectivity index (χ2n) is 10.7. The topological polar surface area (TPSA) is 88.3 Å². The van der Waals surface area contributed by atoms with Crippen LogP contribution >= 0.6 is 0 Å². The van der Waals surface area contributed by atoms with E-state index in [0.717, 1.165) is 32.1 Å². The van der Waals surface area contributed by atoms with Crippen LogP contribution < -0.4 is 5.56 Å². The Hall–Kier alpha value is -2.28. The first-order valence-electron chi connectivity index (χ1n) is 12.8. The molecule has 3 aliphatic rings. The third kappa shape index (κ3) is 4.32. The molecule has 3 heterocycles. The number of carbonyl (C=O) groups is 1. The van der Waals surface area contributed by atoms with Crippen LogP contribution in [-0.2, 0) is 11.3 Å². The first-order valence-corrected chi connectivity index (χ1v) is 12.8. The van der Waals surface area contributed by atoms with Crippen molar-refractivity contribution in [1.82, 2.24) is 19.4 Å². The predicted octanol–water partition coefficient (Wildman–Crippen LogP) is 3.68. The molecule has 3 fully saturated rings. The minimum atomic E-state index is -1.00. The molecule has 1 saturated heterocycles. The number of carbonyl (C=O) groups excluding carboxylic acids is 1. The summed E-state index contributed by atoms with van der Waals surface area (Å²) in [6.07, 6.45) is 17.3. The Morgan fingerprint density at radius 1 is 1.12 bits per heavy atom. The Bertz CT molecular complexity index is 1050. The minimum absolute atomic E-state index is 0.166. The van der Waals surface area contributed by atoms with E-state index in [1.54, 1.807) is 17.0 Å². The van der Waals surface area contributed by atoms with E-state index in [1.165, 1.54) is 38.4 Å². The average Bonchev–Trinajstić information content (AvgIpc) is 3.32. The number of likely N-dealkylation sites (tertiary alicyclic amines) is 1. The molecule has 2 aliphatic carbocycles. The maximum absolute atomic E-state index is 13.1. The first-order chi connectivity index (χ1) is 16.0. The van der Waals surface area contributed by atoms with E-state index in [2.05, 4.69) is 9.97 Å². The fourth-order valence-corrected chi connectivity index (χ4v) is 6.70. The van der Waals surface area contributed by atoms with E-state index in [4.69, 9.17) is 0 Å². The number of hydrogen-bond donors (Lipinski definition) is 1. The molecular weight excluding hydrogens is 416 g/mol. The number of aliphatic hydroxyl groups is 1. The molecule has 2 aromatic heterocycles. The molecular formula is C26H36N4O3. The van der Waals surface area contributed by atoms with Crippen LogP contribution in [0.5, 0.6) is 0 Å². The van der Waals surface area contributed by atoms with Crippen LogP contribution in [0.1, 0.15) is 77.0 Å². The summed E-state index contributed by atoms with van der Waals surface area (Å²) in [5, 5.41) is 12.4. The van der Waals surface area contributed by atoms with E-state index in [9.17, 15) is 14.7 Å². The van der Waals surface area contributed by atoms with Crippen molar-refractivity contribution >= 4 is 16.8 Å². The predicted molar refractivity (Wildman–Crippen MR) is 127 cm³/mol. The van der Waals surface area contributed by atoms with Crippen molar-refractivity contribution in [3.8, 4) is 0 Å². The number of pyridine rings is 1. The highest BCUT2D eigenvalue weighted by Crippen LogP contribution is 2.51. The number of hydrogen-bond acceptors (Lipinski definition) is 5. The van der Waals surface area contributed by atoms with Crippen molar-refractivity contribution in [3.05, 3.63) is 35.1 Å². The van der Waals surface area contributed by atoms with Crippen LogP contribution in [0.15, 0.2) is 29.6 Å². The monoisotopic (exact) mass is 452 g/mol. The Kier molecular flexibility index (Phi) is 6.25. The van der Waals surface area contributed by atoms with Gasteiger partial charge in [-0.1, -0.05) is 44.9 Å². The zero-order valence-corrected chi connectivity index (χ0v) is 19.5. The molecule has 33 heavy (non-hydrogen) atoms. The molecule has 7 nitrogen and oxygen atoms in total. The normalized spacial score (nSPS) is 25.7. The summed E-state index contributed by atoms with van der Waals surface area (Å²) in [5.41, 5.74) is -0.891. The van der Waals surface area contributed by atoms with E-state index in [0.29, 0.717) is 42.8 Å². The fourth-order valence-electron chi connectivity index (χ4n) is 6.70. The molecule has 1 aliphatic heterocycles. The lowest BCUT2D eigenvalue weighted by Crippen LogP contribution is -2.62. The highest BCUT2D eigenvalue weighted by molar-refractivity contribution is 5.76. The zero-order valence-electron chi connectivity index (χ0n) is 19.5. The molecule has 7 heteroatoms. The zero-order chi connectivity index (χ0) is 22.9. The van der Waals surface area contributed by atoms with Gasteiger partial charge in [0.1, 0.15) is 6.33 Å². The molecule has 0 bridgehead atoms. The van der Waals surface area contributed by atoms with Gasteiger partial charge >= 0.3 is 0 Å². The Labute approximate surface area is 195 Å². The summed E-state index contributed by atoms with van der Waals surface area (Å²) in [4.78, 5) is 36.4. The largest absolute Gasteiger partial charge is 0.387 e. The lowest BCUT2D eigenvalue weighted by Gasteiger charge is -2.52. The number of piperidine rings is 1. The fraction of sp³-hybridized carbons (Fsp3) is 0.692. The molecule has 178 valence electrons. The van der Waals surface area contributed by atoms with Crippen molar-refractivity contribution in [2.75, 3.05) is 13.1 Å². The second kappa shape index (κ2) is 9.16. The van der Waals surface area contributed by atoms with Gasteiger partial charge in [0, 0.05) is 37.3 Å². The van der Waals surface area contributed by atoms with Crippen LogP contribution in [0.3, 0.4) is 0 Å². The highest BCUT2D eigenvalue weighted by atomic mass is 16.3. The summed E-state index contributed by atoms with van der Waals surface area (Å²) in [5.74, 6) is 0.947. The van der Waals surface area contributed by atoms with E-state index in [-0.39, 0.29) is 23.4 Å². The molecule has 2 saturated carbocycles. The lowest BCUT2D eigenvalue weighted by atomic mass is 9.65. The van der Waals surface area contributed by atoms with Gasteiger partial charge in [0.05, 0.1) is 23.0 Å². The summed E-state index contributed by atoms with van der Waals surface area (Å²) in [6.45, 7) is 1.42. The van der Waals surface area contributed by atoms with Gasteiger partial charge < -0.3 is 14.6 Å². The van der Waals surface area contributed by atoms with Crippen LogP contribution in [0.25, 0.3) is 10.9 Å². The Morgan fingerprint density at radius 2 is 1.91 bits per heavy atom. The summed E-state index contributed by atoms with van der Waals surface area (Å²) < 4.78 is 1.62. The molecule has 1 N–H and O–H groups in total. The van der Waals surface area contributed by atoms with Crippen molar-refractivity contribution in [1.29, 1.82) is 0 Å². The summed E-state index contributed by atoms with van der Waals surface area (Å²) in [6, 6.07) is 1.81. The van der Waals surface area contributed by atoms with Gasteiger partial charge in [-0.15, -0.1) is 0 Å². The number of rotatable bonds is 5. The minimum Gasteiger partial charge on any atom is -0.387 e. The van der Waals surface area contributed by atoms with Crippen molar-refractivity contribution in [2.24, 2.45) is 11.3 Å². The maximum atomic E-state index is 13.1. The lowest BCUT2D eigenvalue weighted by molar-refractivity contribution is -0.160. The van der Waals surface area contributed by atoms with E-state index in [1.807, 2.05) is 11.0 Å². The van der Waals surface area contributed by atoms with Gasteiger partial charge in [0.2, 0.25) is 5.91 Å². The van der Waals surface area contributed by atoms with Gasteiger partial charge in [0.15, 0.2) is 0 Å². The van der Waals surface area contributed by atoms with E-state index >= 15 is 0 Å². The molecule has 1 spiro atoms. The van der Waals surface area contributed by atoms with E-state index < -0.39 is 5.60 Å². The molecule has 1 amide bonds. The molecule has 2 aromatic rings. The maximum Gasteiger partial charge on any atom is 0.261 e. The van der Waals surface area contributed by atoms with Crippen LogP contribution in [-0.4, -0.2) is 49.1 Å². The van der Waals surface area contributed by atoms with Crippen molar-refractivity contribution in [2.45, 2.75) is 89.2 Å². The highest BCUT2D eigenvalue weighted by Gasteiger charge is 2.55. The van der Waals surface area contributed by atoms with Crippen LogP contribution in [0, 0.1) is 11.3 Å². The third-order valence-corrected chi connectivity index (χ3v) is 8.76. The smallest absolute Gasteiger partial charge is 0.261 e. The Morgan fingerprint density at radius 3 is 2.70 bits per heavy atom. The number of amides is 1. The summed E-state index contributed by atoms with van der Waals surface area (Å²) >= 11 is 0. The number of aromatic nitrogens is 3. The van der Waals surface area contributed by atoms with Crippen LogP contribution in [0.2, 0.25) is 0 Å². The number of fused-ring (bicyclic) bond motifs is 1. The van der Waals surface area contributed by atoms with Gasteiger partial charge in [-0.3, -0.25) is 9.59 Å². The van der Waals surface area contributed by atoms with Gasteiger partial charge in [0.25, 0.3) is 5.56 Å². The molecule has 0 radical (unpaired) electrons. The van der Waals surface area contributed by atoms with Crippen molar-refractivity contribution in [3.63, 3.8) is 0 Å². The van der Waals surface area contributed by atoms with Gasteiger partial charge in [-0.2, -0.15) is 0 Å². The molecule has 1 unspecified atom stereocenters. The standard InChI is InChI=1S/C26H36N4O3/c31-23(9-8-20-6-2-1-3-7-20)29-15-13-26(33,25(17-29)11-4-5-12-25)18-30-14-10-22-21(24(30)32)16-27-19-28-22/h10,14,16,19-20,33H,1-9,11-13,15,17-18H2. The first kappa shape index (κ1) is 22.5. The van der Waals surface area contributed by atoms with Crippen molar-refractivity contribution < 1.29 is 9.90 Å². The third-order valence-electron chi connectivity index (χ3n) is 8.76. The quantitative estimate of drug-likeness (QED) is 0.748. The number of nitrogens with zero attached hydrogens (tertiary/aromatic N) is 4. The molecule has 1 atom stereocenters. The molecule has 0 aromatic carbocycles. The van der Waals surface area contributed by atoms with Gasteiger partial charge in [-0.05, 0) is 37.7 Å². The summed E-state index contributed by atoms with van der Waals surface area (Å²) in [7, 11) is 0. The second-order valence-corrected chi connectivity index (χ2v) is 10.7. The molecule has 5 rings (SSSR count). The average molecular weight is 453 g/mol. The SMILES string of the molecule is O=C(CCC1CCCCC1)N1CCC(O)(Cn2ccc3ncncc3c2=O)C2(CCCC2)C1. The Balaban J connectivity index is 1.32. The van der Waals surface area contributed by atoms with Crippen LogP contribution in [0.4, 0.5) is 0 Å². The van der Waals surface area contributed by atoms with Gasteiger partial charge in [-0.25, -0.2) is 9.97 Å².